The number of aryl methyl sites for hydroxylation is 2. The van der Waals surface area contributed by atoms with Crippen LogP contribution in [0.15, 0.2) is 51.7 Å². The third kappa shape index (κ3) is 3.74. The number of likely N-dealkylation sites (tertiary alicyclic amines) is 1. The Morgan fingerprint density at radius 2 is 1.84 bits per heavy atom. The fraction of sp³-hybridized carbons (Fsp3) is 0.385. The van der Waals surface area contributed by atoms with Crippen LogP contribution in [0.4, 0.5) is 5.69 Å². The Kier molecular flexibility index (Phi) is 5.37. The maximum atomic E-state index is 13.2. The maximum absolute atomic E-state index is 13.2. The number of hydrogen-bond donors (Lipinski definition) is 0. The highest BCUT2D eigenvalue weighted by Crippen LogP contribution is 2.35. The van der Waals surface area contributed by atoms with E-state index in [9.17, 15) is 9.59 Å². The van der Waals surface area contributed by atoms with Crippen LogP contribution >= 0.6 is 0 Å². The van der Waals surface area contributed by atoms with Crippen LogP contribution in [0.2, 0.25) is 0 Å². The fourth-order valence-electron chi connectivity index (χ4n) is 4.76. The van der Waals surface area contributed by atoms with E-state index in [4.69, 9.17) is 9.15 Å². The van der Waals surface area contributed by atoms with E-state index in [0.717, 1.165) is 53.7 Å². The molecule has 0 aliphatic carbocycles. The summed E-state index contributed by atoms with van der Waals surface area (Å²) < 4.78 is 11.7. The van der Waals surface area contributed by atoms with E-state index in [1.165, 1.54) is 6.42 Å². The Labute approximate surface area is 187 Å². The van der Waals surface area contributed by atoms with Gasteiger partial charge in [0.1, 0.15) is 11.3 Å². The quantitative estimate of drug-likeness (QED) is 0.581. The number of piperidine rings is 1. The Morgan fingerprint density at radius 1 is 1.06 bits per heavy atom. The molecule has 3 aromatic rings. The highest BCUT2D eigenvalue weighted by Gasteiger charge is 2.34. The molecule has 5 rings (SSSR count). The molecular weight excluding hydrogens is 404 g/mol. The Bertz CT molecular complexity index is 1230. The Hall–Kier alpha value is -3.28. The van der Waals surface area contributed by atoms with Crippen LogP contribution in [0, 0.1) is 13.8 Å². The zero-order chi connectivity index (χ0) is 22.2. The van der Waals surface area contributed by atoms with Crippen LogP contribution in [0.25, 0.3) is 11.0 Å². The minimum Gasteiger partial charge on any atom is -0.477 e. The summed E-state index contributed by atoms with van der Waals surface area (Å²) in [7, 11) is 0. The van der Waals surface area contributed by atoms with Crippen molar-refractivity contribution < 1.29 is 13.9 Å². The van der Waals surface area contributed by atoms with Gasteiger partial charge in [0.25, 0.3) is 5.91 Å². The van der Waals surface area contributed by atoms with Gasteiger partial charge in [-0.1, -0.05) is 24.3 Å². The second kappa shape index (κ2) is 8.34. The highest BCUT2D eigenvalue weighted by molar-refractivity contribution is 5.85. The molecule has 0 bridgehead atoms. The van der Waals surface area contributed by atoms with Gasteiger partial charge in [0.2, 0.25) is 0 Å². The second-order valence-corrected chi connectivity index (χ2v) is 8.82. The molecule has 1 unspecified atom stereocenters. The highest BCUT2D eigenvalue weighted by atomic mass is 16.5. The van der Waals surface area contributed by atoms with Gasteiger partial charge in [0, 0.05) is 31.1 Å². The van der Waals surface area contributed by atoms with Crippen molar-refractivity contribution in [3.05, 3.63) is 69.6 Å². The Morgan fingerprint density at radius 3 is 2.66 bits per heavy atom. The molecule has 3 heterocycles. The second-order valence-electron chi connectivity index (χ2n) is 8.82. The summed E-state index contributed by atoms with van der Waals surface area (Å²) in [4.78, 5) is 29.7. The van der Waals surface area contributed by atoms with Crippen LogP contribution in [0.5, 0.6) is 5.75 Å². The van der Waals surface area contributed by atoms with Crippen molar-refractivity contribution in [1.82, 2.24) is 4.90 Å². The van der Waals surface area contributed by atoms with Crippen molar-refractivity contribution in [1.29, 1.82) is 0 Å². The summed E-state index contributed by atoms with van der Waals surface area (Å²) in [6.45, 7) is 6.51. The first kappa shape index (κ1) is 20.6. The SMILES string of the molecule is Cc1ccc2c(CN3CC(C(=O)N4CCCCC4)Oc4ccccc43)cc(=O)oc2c1C. The molecule has 2 aliphatic heterocycles. The molecule has 0 radical (unpaired) electrons. The van der Waals surface area contributed by atoms with E-state index in [1.54, 1.807) is 6.07 Å². The lowest BCUT2D eigenvalue weighted by Gasteiger charge is -2.38. The Balaban J connectivity index is 1.51. The summed E-state index contributed by atoms with van der Waals surface area (Å²) in [6, 6.07) is 13.4. The van der Waals surface area contributed by atoms with E-state index < -0.39 is 6.10 Å². The van der Waals surface area contributed by atoms with Gasteiger partial charge in [-0.15, -0.1) is 0 Å². The normalized spacial score (nSPS) is 18.4. The molecule has 1 amide bonds. The molecule has 1 fully saturated rings. The van der Waals surface area contributed by atoms with Crippen molar-refractivity contribution in [2.24, 2.45) is 0 Å². The van der Waals surface area contributed by atoms with Gasteiger partial charge in [0.05, 0.1) is 12.2 Å². The zero-order valence-electron chi connectivity index (χ0n) is 18.6. The monoisotopic (exact) mass is 432 g/mol. The number of rotatable bonds is 3. The molecule has 166 valence electrons. The number of carbonyl (C=O) groups excluding carboxylic acids is 1. The molecule has 1 aromatic heterocycles. The van der Waals surface area contributed by atoms with Crippen LogP contribution in [0.3, 0.4) is 0 Å². The molecule has 2 aromatic carbocycles. The lowest BCUT2D eigenvalue weighted by molar-refractivity contribution is -0.139. The third-order valence-corrected chi connectivity index (χ3v) is 6.68. The number of hydrogen-bond acceptors (Lipinski definition) is 5. The molecule has 2 aliphatic rings. The van der Waals surface area contributed by atoms with Crippen LogP contribution in [0.1, 0.15) is 36.0 Å². The molecule has 0 N–H and O–H groups in total. The van der Waals surface area contributed by atoms with E-state index >= 15 is 0 Å². The van der Waals surface area contributed by atoms with Gasteiger partial charge < -0.3 is 19.0 Å². The van der Waals surface area contributed by atoms with Crippen molar-refractivity contribution >= 4 is 22.6 Å². The number of carbonyl (C=O) groups is 1. The number of para-hydroxylation sites is 2. The average molecular weight is 433 g/mol. The minimum atomic E-state index is -0.557. The number of nitrogens with zero attached hydrogens (tertiary/aromatic N) is 2. The number of benzene rings is 2. The number of amides is 1. The lowest BCUT2D eigenvalue weighted by Crippen LogP contribution is -2.51. The van der Waals surface area contributed by atoms with Crippen LogP contribution in [-0.4, -0.2) is 36.5 Å². The molecule has 6 nitrogen and oxygen atoms in total. The average Bonchev–Trinajstić information content (AvgIpc) is 2.81. The smallest absolute Gasteiger partial charge is 0.336 e. The summed E-state index contributed by atoms with van der Waals surface area (Å²) in [6.07, 6.45) is 2.71. The van der Waals surface area contributed by atoms with Gasteiger partial charge in [-0.3, -0.25) is 4.79 Å². The van der Waals surface area contributed by atoms with E-state index in [1.807, 2.05) is 49.1 Å². The number of ether oxygens (including phenoxy) is 1. The molecule has 0 saturated carbocycles. The summed E-state index contributed by atoms with van der Waals surface area (Å²) in [5.41, 5.74) is 4.16. The molecule has 1 atom stereocenters. The van der Waals surface area contributed by atoms with Gasteiger partial charge in [-0.25, -0.2) is 4.79 Å². The minimum absolute atomic E-state index is 0.0492. The first-order valence-corrected chi connectivity index (χ1v) is 11.3. The number of fused-ring (bicyclic) bond motifs is 2. The first-order valence-electron chi connectivity index (χ1n) is 11.3. The molecular formula is C26H28N2O4. The third-order valence-electron chi connectivity index (χ3n) is 6.68. The zero-order valence-corrected chi connectivity index (χ0v) is 18.6. The molecule has 32 heavy (non-hydrogen) atoms. The lowest BCUT2D eigenvalue weighted by atomic mass is 10.0. The van der Waals surface area contributed by atoms with Crippen molar-refractivity contribution in [2.45, 2.75) is 45.8 Å². The topological polar surface area (TPSA) is 63.0 Å². The van der Waals surface area contributed by atoms with Crippen LogP contribution < -0.4 is 15.3 Å². The van der Waals surface area contributed by atoms with Gasteiger partial charge in [0.15, 0.2) is 6.10 Å². The van der Waals surface area contributed by atoms with E-state index in [-0.39, 0.29) is 11.5 Å². The van der Waals surface area contributed by atoms with Crippen molar-refractivity contribution in [2.75, 3.05) is 24.5 Å². The van der Waals surface area contributed by atoms with Gasteiger partial charge in [-0.2, -0.15) is 0 Å². The standard InChI is InChI=1S/C26H28N2O4/c1-17-10-11-20-19(14-24(29)32-25(20)18(17)2)15-28-16-23(26(30)27-12-6-3-7-13-27)31-22-9-5-4-8-21(22)28/h4-5,8-11,14,23H,3,6-7,12-13,15-16H2,1-2H3. The summed E-state index contributed by atoms with van der Waals surface area (Å²) >= 11 is 0. The first-order chi connectivity index (χ1) is 15.5. The van der Waals surface area contributed by atoms with Crippen molar-refractivity contribution in [3.8, 4) is 5.75 Å². The molecule has 0 spiro atoms. The predicted molar refractivity (Wildman–Crippen MR) is 124 cm³/mol. The van der Waals surface area contributed by atoms with Gasteiger partial charge >= 0.3 is 5.63 Å². The molecule has 1 saturated heterocycles. The summed E-state index contributed by atoms with van der Waals surface area (Å²) in [5, 5.41) is 0.926. The summed E-state index contributed by atoms with van der Waals surface area (Å²) in [5.74, 6) is 0.751. The maximum Gasteiger partial charge on any atom is 0.336 e. The van der Waals surface area contributed by atoms with Gasteiger partial charge in [-0.05, 0) is 61.9 Å². The molecule has 6 heteroatoms. The van der Waals surface area contributed by atoms with E-state index in [2.05, 4.69) is 11.0 Å². The largest absolute Gasteiger partial charge is 0.477 e. The van der Waals surface area contributed by atoms with E-state index in [0.29, 0.717) is 24.4 Å². The van der Waals surface area contributed by atoms with Crippen LogP contribution in [-0.2, 0) is 11.3 Å². The fourth-order valence-corrected chi connectivity index (χ4v) is 4.76. The number of anilines is 1. The predicted octanol–water partition coefficient (Wildman–Crippen LogP) is 4.19. The van der Waals surface area contributed by atoms with Crippen molar-refractivity contribution in [3.63, 3.8) is 0 Å².